The van der Waals surface area contributed by atoms with Crippen molar-refractivity contribution < 1.29 is 33.8 Å². The second-order valence-electron chi connectivity index (χ2n) is 13.7. The van der Waals surface area contributed by atoms with Gasteiger partial charge in [0.2, 0.25) is 0 Å². The Morgan fingerprint density at radius 3 is 1.03 bits per heavy atom. The van der Waals surface area contributed by atoms with E-state index in [0.29, 0.717) is 0 Å². The van der Waals surface area contributed by atoms with Crippen LogP contribution in [-0.4, -0.2) is 41.8 Å². The van der Waals surface area contributed by atoms with Crippen molar-refractivity contribution in [1.82, 2.24) is 0 Å². The Morgan fingerprint density at radius 1 is 0.500 bits per heavy atom. The van der Waals surface area contributed by atoms with Gasteiger partial charge in [0, 0.05) is 0 Å². The summed E-state index contributed by atoms with van der Waals surface area (Å²) < 4.78 is 10.9. The number of hydrogen-bond acceptors (Lipinski definition) is 7. The molecular formula is C25H50O7. The summed E-state index contributed by atoms with van der Waals surface area (Å²) in [7, 11) is 0. The average molecular weight is 463 g/mol. The molecule has 0 N–H and O–H groups in total. The maximum atomic E-state index is 12.3. The Hall–Kier alpha value is -0.890. The third kappa shape index (κ3) is 16.7. The molecule has 32 heavy (non-hydrogen) atoms. The fraction of sp³-hybridized carbons (Fsp3) is 0.960. The highest BCUT2D eigenvalue weighted by Crippen LogP contribution is 2.31. The maximum Gasteiger partial charge on any atom is 0.509 e. The van der Waals surface area contributed by atoms with Crippen LogP contribution >= 0.6 is 0 Å². The highest BCUT2D eigenvalue weighted by molar-refractivity contribution is 5.61. The molecule has 0 unspecified atom stereocenters. The van der Waals surface area contributed by atoms with Gasteiger partial charge in [-0.15, -0.1) is 0 Å². The molecule has 0 rings (SSSR count). The van der Waals surface area contributed by atoms with Crippen molar-refractivity contribution in [2.75, 3.05) is 13.2 Å². The van der Waals surface area contributed by atoms with E-state index < -0.39 is 28.6 Å². The second kappa shape index (κ2) is 11.0. The third-order valence-electron chi connectivity index (χ3n) is 4.01. The van der Waals surface area contributed by atoms with Gasteiger partial charge in [-0.1, -0.05) is 41.5 Å². The first-order valence-corrected chi connectivity index (χ1v) is 11.5. The zero-order valence-corrected chi connectivity index (χ0v) is 23.2. The molecule has 0 aromatic rings. The topological polar surface area (TPSA) is 72.5 Å². The lowest BCUT2D eigenvalue weighted by atomic mass is 9.84. The van der Waals surface area contributed by atoms with Crippen molar-refractivity contribution in [2.24, 2.45) is 10.8 Å². The van der Waals surface area contributed by atoms with Crippen molar-refractivity contribution in [3.63, 3.8) is 0 Å². The lowest BCUT2D eigenvalue weighted by Crippen LogP contribution is -2.40. The quantitative estimate of drug-likeness (QED) is 0.175. The van der Waals surface area contributed by atoms with Gasteiger partial charge in [-0.05, 0) is 79.1 Å². The molecule has 0 fully saturated rings. The van der Waals surface area contributed by atoms with E-state index >= 15 is 0 Å². The van der Waals surface area contributed by atoms with E-state index in [0.717, 1.165) is 12.8 Å². The van der Waals surface area contributed by atoms with Crippen LogP contribution in [0.3, 0.4) is 0 Å². The van der Waals surface area contributed by atoms with Crippen LogP contribution in [-0.2, 0) is 29.0 Å². The molecule has 0 saturated heterocycles. The number of ether oxygens (including phenoxy) is 2. The van der Waals surface area contributed by atoms with Gasteiger partial charge in [-0.2, -0.15) is 0 Å². The summed E-state index contributed by atoms with van der Waals surface area (Å²) in [5.41, 5.74) is -2.60. The first-order valence-electron chi connectivity index (χ1n) is 11.5. The van der Waals surface area contributed by atoms with Gasteiger partial charge >= 0.3 is 6.16 Å². The molecule has 0 aliphatic heterocycles. The minimum atomic E-state index is -0.933. The molecule has 0 radical (unpaired) electrons. The Balaban J connectivity index is 4.52. The van der Waals surface area contributed by atoms with Gasteiger partial charge in [0.25, 0.3) is 0 Å². The van der Waals surface area contributed by atoms with Crippen molar-refractivity contribution in [1.29, 1.82) is 0 Å². The number of hydrogen-bond donors (Lipinski definition) is 0. The molecule has 0 heterocycles. The predicted octanol–water partition coefficient (Wildman–Crippen LogP) is 7.02. The zero-order valence-electron chi connectivity index (χ0n) is 23.2. The van der Waals surface area contributed by atoms with Crippen LogP contribution in [0.15, 0.2) is 0 Å². The standard InChI is InChI=1S/C25H50O7/c1-20(2,3)15-22(7,8)31-27-17-24(11,12)29-19(26)30-25(13,14)18-28-32-23(9,10)16-21(4,5)6/h15-18H2,1-14H3. The first-order chi connectivity index (χ1) is 13.9. The number of carbonyl (C=O) groups is 1. The molecule has 0 aliphatic rings. The molecule has 0 amide bonds. The van der Waals surface area contributed by atoms with Gasteiger partial charge in [0.15, 0.2) is 0 Å². The normalized spacial score (nSPS) is 14.4. The average Bonchev–Trinajstić information content (AvgIpc) is 2.38. The molecule has 0 bridgehead atoms. The minimum Gasteiger partial charge on any atom is -0.426 e. The number of rotatable bonds is 12. The fourth-order valence-electron chi connectivity index (χ4n) is 3.81. The van der Waals surface area contributed by atoms with Crippen molar-refractivity contribution in [2.45, 2.75) is 132 Å². The largest absolute Gasteiger partial charge is 0.509 e. The van der Waals surface area contributed by atoms with Crippen LogP contribution in [0.25, 0.3) is 0 Å². The van der Waals surface area contributed by atoms with Crippen LogP contribution in [0.4, 0.5) is 4.79 Å². The molecular weight excluding hydrogens is 412 g/mol. The summed E-state index contributed by atoms with van der Waals surface area (Å²) in [6.07, 6.45) is 0.813. The fourth-order valence-corrected chi connectivity index (χ4v) is 3.81. The molecule has 192 valence electrons. The molecule has 0 aromatic heterocycles. The maximum absolute atomic E-state index is 12.3. The summed E-state index contributed by atoms with van der Waals surface area (Å²) >= 11 is 0. The molecule has 0 atom stereocenters. The van der Waals surface area contributed by atoms with Crippen molar-refractivity contribution in [3.05, 3.63) is 0 Å². The second-order valence-corrected chi connectivity index (χ2v) is 13.7. The molecule has 0 saturated carbocycles. The Morgan fingerprint density at radius 2 is 0.781 bits per heavy atom. The van der Waals surface area contributed by atoms with E-state index in [9.17, 15) is 4.79 Å². The summed E-state index contributed by atoms with van der Waals surface area (Å²) in [5, 5.41) is 0. The molecule has 7 heteroatoms. The Labute approximate surface area is 196 Å². The molecule has 7 nitrogen and oxygen atoms in total. The summed E-state index contributed by atoms with van der Waals surface area (Å²) in [4.78, 5) is 34.3. The smallest absolute Gasteiger partial charge is 0.426 e. The van der Waals surface area contributed by atoms with Crippen LogP contribution in [0.5, 0.6) is 0 Å². The Kier molecular flexibility index (Phi) is 10.7. The summed E-state index contributed by atoms with van der Waals surface area (Å²) in [5.74, 6) is 0. The summed E-state index contributed by atoms with van der Waals surface area (Å²) in [6.45, 7) is 27.8. The molecule has 0 spiro atoms. The minimum absolute atomic E-state index is 0.0662. The van der Waals surface area contributed by atoms with E-state index in [1.807, 2.05) is 27.7 Å². The SMILES string of the molecule is CC(C)(C)CC(C)(C)OOCC(C)(C)OC(=O)OC(C)(C)COOC(C)(C)CC(C)(C)C. The van der Waals surface area contributed by atoms with Gasteiger partial charge in [0.05, 0.1) is 11.2 Å². The van der Waals surface area contributed by atoms with E-state index in [4.69, 9.17) is 29.0 Å². The van der Waals surface area contributed by atoms with Crippen LogP contribution < -0.4 is 0 Å². The number of carbonyl (C=O) groups excluding carboxylic acids is 1. The van der Waals surface area contributed by atoms with Crippen molar-refractivity contribution in [3.8, 4) is 0 Å². The van der Waals surface area contributed by atoms with E-state index in [1.54, 1.807) is 27.7 Å². The summed E-state index contributed by atoms with van der Waals surface area (Å²) in [6, 6.07) is 0. The van der Waals surface area contributed by atoms with Crippen LogP contribution in [0.1, 0.15) is 110 Å². The monoisotopic (exact) mass is 462 g/mol. The lowest BCUT2D eigenvalue weighted by molar-refractivity contribution is -0.373. The van der Waals surface area contributed by atoms with Crippen LogP contribution in [0, 0.1) is 10.8 Å². The molecule has 0 aromatic carbocycles. The zero-order chi connectivity index (χ0) is 25.6. The Bertz CT molecular complexity index is 528. The van der Waals surface area contributed by atoms with Gasteiger partial charge < -0.3 is 9.47 Å². The van der Waals surface area contributed by atoms with E-state index in [-0.39, 0.29) is 24.0 Å². The predicted molar refractivity (Wildman–Crippen MR) is 126 cm³/mol. The first kappa shape index (κ1) is 31.1. The third-order valence-corrected chi connectivity index (χ3v) is 4.01. The van der Waals surface area contributed by atoms with Crippen LogP contribution in [0.2, 0.25) is 0 Å². The van der Waals surface area contributed by atoms with E-state index in [2.05, 4.69) is 41.5 Å². The highest BCUT2D eigenvalue weighted by Gasteiger charge is 2.33. The highest BCUT2D eigenvalue weighted by atomic mass is 17.2. The lowest BCUT2D eigenvalue weighted by Gasteiger charge is -2.33. The van der Waals surface area contributed by atoms with E-state index in [1.165, 1.54) is 0 Å². The van der Waals surface area contributed by atoms with Gasteiger partial charge in [-0.3, -0.25) is 0 Å². The van der Waals surface area contributed by atoms with Crippen molar-refractivity contribution >= 4 is 6.16 Å². The molecule has 0 aliphatic carbocycles. The van der Waals surface area contributed by atoms with Gasteiger partial charge in [0.1, 0.15) is 24.4 Å². The van der Waals surface area contributed by atoms with Gasteiger partial charge in [-0.25, -0.2) is 24.3 Å².